The largest absolute Gasteiger partial charge is 0.548 e. The summed E-state index contributed by atoms with van der Waals surface area (Å²) in [7, 11) is 0. The van der Waals surface area contributed by atoms with Gasteiger partial charge in [-0.3, -0.25) is 4.79 Å². The number of halogens is 1. The summed E-state index contributed by atoms with van der Waals surface area (Å²) in [5, 5.41) is 31.5. The lowest BCUT2D eigenvalue weighted by Crippen LogP contribution is -2.53. The molecule has 0 aromatic heterocycles. The number of carbonyl (C=O) groups is 2. The third-order valence-electron chi connectivity index (χ3n) is 2.23. The van der Waals surface area contributed by atoms with Crippen molar-refractivity contribution in [2.45, 2.75) is 26.0 Å². The molecular weight excluding hydrogens is 391 g/mol. The standard InChI is InChI=1S/C11H12INO5.C2H7N/c1-5(14)9(11(17)18)13-10(16)7-3-2-6(12)4-8(7)15;1-2-3/h2-5,9,14-15H,1H3,(H,13,16)(H,17,18);2-3H2,1H3/t5-,9+;/m1./s1. The molecule has 2 atom stereocenters. The first-order chi connectivity index (χ1) is 9.74. The Morgan fingerprint density at radius 3 is 2.38 bits per heavy atom. The van der Waals surface area contributed by atoms with Gasteiger partial charge in [0.2, 0.25) is 0 Å². The molecule has 1 rings (SSSR count). The molecule has 0 aliphatic heterocycles. The quantitative estimate of drug-likeness (QED) is 0.447. The van der Waals surface area contributed by atoms with Gasteiger partial charge in [-0.05, 0) is 54.6 Å². The summed E-state index contributed by atoms with van der Waals surface area (Å²) in [4.78, 5) is 22.4. The summed E-state index contributed by atoms with van der Waals surface area (Å²) >= 11 is 1.96. The van der Waals surface area contributed by atoms with Gasteiger partial charge in [0, 0.05) is 3.57 Å². The highest BCUT2D eigenvalue weighted by atomic mass is 127. The highest BCUT2D eigenvalue weighted by Gasteiger charge is 2.21. The molecule has 7 nitrogen and oxygen atoms in total. The Labute approximate surface area is 136 Å². The van der Waals surface area contributed by atoms with Gasteiger partial charge in [0.25, 0.3) is 5.91 Å². The number of amides is 1. The van der Waals surface area contributed by atoms with Crippen molar-refractivity contribution >= 4 is 34.5 Å². The molecular formula is C13H19IN2O5. The van der Waals surface area contributed by atoms with E-state index in [1.165, 1.54) is 19.1 Å². The van der Waals surface area contributed by atoms with E-state index in [2.05, 4.69) is 11.1 Å². The average Bonchev–Trinajstić information content (AvgIpc) is 2.35. The number of rotatable bonds is 4. The number of benzene rings is 1. The van der Waals surface area contributed by atoms with Crippen molar-refractivity contribution in [3.05, 3.63) is 27.3 Å². The molecule has 0 aliphatic carbocycles. The van der Waals surface area contributed by atoms with Gasteiger partial charge in [0.1, 0.15) is 5.75 Å². The number of carboxylic acids is 1. The second-order valence-corrected chi connectivity index (χ2v) is 5.42. The third kappa shape index (κ3) is 6.74. The molecule has 0 fully saturated rings. The number of phenols is 1. The predicted octanol–water partition coefficient (Wildman–Crippen LogP) is -1.53. The van der Waals surface area contributed by atoms with Crippen LogP contribution >= 0.6 is 22.6 Å². The molecule has 1 aromatic carbocycles. The molecule has 0 bridgehead atoms. The Balaban J connectivity index is 0.00000122. The molecule has 118 valence electrons. The molecule has 0 saturated carbocycles. The first-order valence-corrected chi connectivity index (χ1v) is 7.30. The molecule has 8 heteroatoms. The minimum absolute atomic E-state index is 0.0673. The number of aromatic hydroxyl groups is 1. The number of carboxylic acid groups (broad SMARTS) is 1. The Bertz CT molecular complexity index is 493. The van der Waals surface area contributed by atoms with Crippen molar-refractivity contribution < 1.29 is 30.6 Å². The van der Waals surface area contributed by atoms with Crippen LogP contribution in [0.25, 0.3) is 0 Å². The lowest BCUT2D eigenvalue weighted by atomic mass is 10.1. The topological polar surface area (TPSA) is 137 Å². The van der Waals surface area contributed by atoms with Crippen LogP contribution in [-0.4, -0.2) is 40.8 Å². The normalized spacial score (nSPS) is 12.6. The molecule has 0 unspecified atom stereocenters. The molecule has 0 spiro atoms. The van der Waals surface area contributed by atoms with Gasteiger partial charge in [-0.25, -0.2) is 0 Å². The van der Waals surface area contributed by atoms with Crippen molar-refractivity contribution in [1.29, 1.82) is 0 Å². The van der Waals surface area contributed by atoms with E-state index in [0.717, 1.165) is 10.1 Å². The van der Waals surface area contributed by atoms with Crippen LogP contribution in [0.15, 0.2) is 18.2 Å². The van der Waals surface area contributed by atoms with Crippen LogP contribution in [0.4, 0.5) is 0 Å². The number of phenolic OH excluding ortho intramolecular Hbond substituents is 1. The van der Waals surface area contributed by atoms with Gasteiger partial charge in [-0.1, -0.05) is 0 Å². The number of quaternary nitrogens is 1. The van der Waals surface area contributed by atoms with Gasteiger partial charge < -0.3 is 31.2 Å². The molecule has 6 N–H and O–H groups in total. The number of aliphatic hydroxyl groups is 1. The van der Waals surface area contributed by atoms with Crippen LogP contribution in [0.3, 0.4) is 0 Å². The summed E-state index contributed by atoms with van der Waals surface area (Å²) < 4.78 is 0.730. The number of hydrogen-bond donors (Lipinski definition) is 4. The summed E-state index contributed by atoms with van der Waals surface area (Å²) in [5.41, 5.74) is 3.42. The lowest BCUT2D eigenvalue weighted by molar-refractivity contribution is -0.361. The van der Waals surface area contributed by atoms with Gasteiger partial charge in [0.15, 0.2) is 0 Å². The Kier molecular flexibility index (Phi) is 8.90. The van der Waals surface area contributed by atoms with E-state index >= 15 is 0 Å². The predicted molar refractivity (Wildman–Crippen MR) is 82.2 cm³/mol. The molecule has 0 heterocycles. The Hall–Kier alpha value is -1.39. The maximum atomic E-state index is 11.7. The van der Waals surface area contributed by atoms with Crippen molar-refractivity contribution in [3.8, 4) is 5.75 Å². The van der Waals surface area contributed by atoms with Gasteiger partial charge >= 0.3 is 0 Å². The van der Waals surface area contributed by atoms with E-state index in [4.69, 9.17) is 0 Å². The minimum Gasteiger partial charge on any atom is -0.548 e. The second kappa shape index (κ2) is 9.53. The van der Waals surface area contributed by atoms with Crippen LogP contribution in [0.5, 0.6) is 5.75 Å². The monoisotopic (exact) mass is 410 g/mol. The fourth-order valence-corrected chi connectivity index (χ4v) is 1.77. The van der Waals surface area contributed by atoms with E-state index in [-0.39, 0.29) is 11.3 Å². The fraction of sp³-hybridized carbons (Fsp3) is 0.385. The van der Waals surface area contributed by atoms with E-state index in [0.29, 0.717) is 0 Å². The van der Waals surface area contributed by atoms with Crippen molar-refractivity contribution in [2.75, 3.05) is 6.54 Å². The molecule has 21 heavy (non-hydrogen) atoms. The molecule has 1 amide bonds. The van der Waals surface area contributed by atoms with Crippen LogP contribution in [0.1, 0.15) is 24.2 Å². The van der Waals surface area contributed by atoms with Crippen molar-refractivity contribution in [2.24, 2.45) is 0 Å². The van der Waals surface area contributed by atoms with Crippen LogP contribution < -0.4 is 16.2 Å². The zero-order valence-corrected chi connectivity index (χ0v) is 14.0. The first kappa shape index (κ1) is 19.6. The van der Waals surface area contributed by atoms with Crippen LogP contribution in [-0.2, 0) is 4.79 Å². The molecule has 1 aromatic rings. The Morgan fingerprint density at radius 2 is 2.00 bits per heavy atom. The number of carbonyl (C=O) groups excluding carboxylic acids is 2. The van der Waals surface area contributed by atoms with E-state index in [1.807, 2.05) is 29.5 Å². The summed E-state index contributed by atoms with van der Waals surface area (Å²) in [6.07, 6.45) is -1.30. The molecule has 0 saturated heterocycles. The maximum absolute atomic E-state index is 11.7. The van der Waals surface area contributed by atoms with E-state index < -0.39 is 24.0 Å². The summed E-state index contributed by atoms with van der Waals surface area (Å²) in [6.45, 7) is 4.23. The lowest BCUT2D eigenvalue weighted by Gasteiger charge is -2.22. The zero-order valence-electron chi connectivity index (χ0n) is 11.8. The fourth-order valence-electron chi connectivity index (χ4n) is 1.29. The van der Waals surface area contributed by atoms with Crippen LogP contribution in [0.2, 0.25) is 0 Å². The summed E-state index contributed by atoms with van der Waals surface area (Å²) in [5.74, 6) is -2.65. The Morgan fingerprint density at radius 1 is 1.48 bits per heavy atom. The van der Waals surface area contributed by atoms with Crippen molar-refractivity contribution in [3.63, 3.8) is 0 Å². The van der Waals surface area contributed by atoms with E-state index in [1.54, 1.807) is 6.07 Å². The van der Waals surface area contributed by atoms with Gasteiger partial charge in [-0.2, -0.15) is 0 Å². The van der Waals surface area contributed by atoms with E-state index in [9.17, 15) is 24.9 Å². The second-order valence-electron chi connectivity index (χ2n) is 4.17. The smallest absolute Gasteiger partial charge is 0.255 e. The average molecular weight is 410 g/mol. The first-order valence-electron chi connectivity index (χ1n) is 6.22. The molecule has 0 radical (unpaired) electrons. The minimum atomic E-state index is -1.59. The highest BCUT2D eigenvalue weighted by Crippen LogP contribution is 2.19. The SMILES string of the molecule is CC[NH3+].C[C@@H](O)[C@H](NC(=O)c1ccc(I)cc1O)C(=O)[O-]. The highest BCUT2D eigenvalue weighted by molar-refractivity contribution is 14.1. The zero-order chi connectivity index (χ0) is 16.6. The summed E-state index contributed by atoms with van der Waals surface area (Å²) in [6, 6.07) is 2.79. The third-order valence-corrected chi connectivity index (χ3v) is 2.90. The number of aliphatic hydroxyl groups excluding tert-OH is 1. The molecule has 0 aliphatic rings. The van der Waals surface area contributed by atoms with Crippen molar-refractivity contribution in [1.82, 2.24) is 5.32 Å². The number of nitrogens with one attached hydrogen (secondary N) is 1. The maximum Gasteiger partial charge on any atom is 0.255 e. The number of aliphatic carboxylic acids is 1. The van der Waals surface area contributed by atoms with Crippen LogP contribution in [0, 0.1) is 3.57 Å². The number of hydrogen-bond acceptors (Lipinski definition) is 5. The van der Waals surface area contributed by atoms with Gasteiger partial charge in [0.05, 0.1) is 30.2 Å². The van der Waals surface area contributed by atoms with Gasteiger partial charge in [-0.15, -0.1) is 0 Å².